The van der Waals surface area contributed by atoms with Crippen molar-refractivity contribution < 1.29 is 0 Å². The number of hydrogen-bond acceptors (Lipinski definition) is 2. The fourth-order valence-electron chi connectivity index (χ4n) is 5.91. The summed E-state index contributed by atoms with van der Waals surface area (Å²) in [6, 6.07) is 55.1. The second-order valence-corrected chi connectivity index (χ2v) is 10.4. The van der Waals surface area contributed by atoms with E-state index in [0.717, 1.165) is 39.7 Å². The Labute approximate surface area is 243 Å². The predicted molar refractivity (Wildman–Crippen MR) is 172 cm³/mol. The Morgan fingerprint density at radius 3 is 1.45 bits per heavy atom. The number of rotatable bonds is 5. The third-order valence-corrected chi connectivity index (χ3v) is 7.87. The standard InChI is InChI=1S/C38H26N4/c1-3-12-27(13-4-1)30-16-11-17-32(26-30)42-37(28-14-5-2-6-15-28)39-40-38(42)29-22-24-31(25-23-29)41-35-20-9-7-18-33(35)34-19-8-10-21-36(34)41/h1-26H. The van der Waals surface area contributed by atoms with Gasteiger partial charge in [0.1, 0.15) is 0 Å². The Balaban J connectivity index is 1.28. The van der Waals surface area contributed by atoms with E-state index in [4.69, 9.17) is 10.2 Å². The maximum atomic E-state index is 4.74. The highest BCUT2D eigenvalue weighted by molar-refractivity contribution is 6.09. The summed E-state index contributed by atoms with van der Waals surface area (Å²) in [5.41, 5.74) is 8.84. The molecular formula is C38H26N4. The predicted octanol–water partition coefficient (Wildman–Crippen LogP) is 9.37. The molecule has 0 aliphatic heterocycles. The van der Waals surface area contributed by atoms with Crippen molar-refractivity contribution in [1.82, 2.24) is 19.3 Å². The SMILES string of the molecule is c1ccc(-c2cccc(-n3c(-c4ccccc4)nnc3-c3ccc(-n4c5ccccc5c5ccccc54)cc3)c2)cc1. The van der Waals surface area contributed by atoms with Gasteiger partial charge in [0.25, 0.3) is 0 Å². The quantitative estimate of drug-likeness (QED) is 0.219. The highest BCUT2D eigenvalue weighted by Crippen LogP contribution is 2.34. The Bertz CT molecular complexity index is 2120. The van der Waals surface area contributed by atoms with Crippen molar-refractivity contribution in [1.29, 1.82) is 0 Å². The van der Waals surface area contributed by atoms with Gasteiger partial charge in [-0.3, -0.25) is 4.57 Å². The molecule has 2 aromatic heterocycles. The molecule has 0 fully saturated rings. The summed E-state index contributed by atoms with van der Waals surface area (Å²) in [6.45, 7) is 0. The van der Waals surface area contributed by atoms with Crippen LogP contribution in [0, 0.1) is 0 Å². The van der Waals surface area contributed by atoms with Crippen molar-refractivity contribution in [2.75, 3.05) is 0 Å². The van der Waals surface area contributed by atoms with Gasteiger partial charge in [0.05, 0.1) is 11.0 Å². The molecule has 2 heterocycles. The third kappa shape index (κ3) is 4.01. The van der Waals surface area contributed by atoms with Crippen LogP contribution >= 0.6 is 0 Å². The van der Waals surface area contributed by atoms with Crippen LogP contribution in [-0.2, 0) is 0 Å². The minimum atomic E-state index is 0.799. The van der Waals surface area contributed by atoms with Crippen molar-refractivity contribution in [2.24, 2.45) is 0 Å². The zero-order chi connectivity index (χ0) is 27.9. The minimum Gasteiger partial charge on any atom is -0.309 e. The smallest absolute Gasteiger partial charge is 0.168 e. The summed E-state index contributed by atoms with van der Waals surface area (Å²) in [5.74, 6) is 1.61. The Morgan fingerprint density at radius 1 is 0.333 bits per heavy atom. The van der Waals surface area contributed by atoms with Crippen LogP contribution in [0.3, 0.4) is 0 Å². The number of para-hydroxylation sites is 2. The van der Waals surface area contributed by atoms with Crippen molar-refractivity contribution in [3.63, 3.8) is 0 Å². The summed E-state index contributed by atoms with van der Waals surface area (Å²) in [7, 11) is 0. The molecule has 0 atom stereocenters. The van der Waals surface area contributed by atoms with E-state index >= 15 is 0 Å². The molecule has 8 rings (SSSR count). The molecule has 0 spiro atoms. The van der Waals surface area contributed by atoms with Gasteiger partial charge in [-0.05, 0) is 59.7 Å². The van der Waals surface area contributed by atoms with E-state index in [0.29, 0.717) is 0 Å². The lowest BCUT2D eigenvalue weighted by molar-refractivity contribution is 1.07. The highest BCUT2D eigenvalue weighted by Gasteiger charge is 2.18. The first kappa shape index (κ1) is 24.1. The third-order valence-electron chi connectivity index (χ3n) is 7.87. The van der Waals surface area contributed by atoms with Gasteiger partial charge >= 0.3 is 0 Å². The second kappa shape index (κ2) is 10.0. The largest absolute Gasteiger partial charge is 0.309 e. The highest BCUT2D eigenvalue weighted by atomic mass is 15.3. The molecule has 0 bridgehead atoms. The monoisotopic (exact) mass is 538 g/mol. The first-order valence-corrected chi connectivity index (χ1v) is 14.1. The van der Waals surface area contributed by atoms with Crippen LogP contribution in [0.5, 0.6) is 0 Å². The molecule has 0 saturated heterocycles. The van der Waals surface area contributed by atoms with E-state index in [1.165, 1.54) is 27.4 Å². The van der Waals surface area contributed by atoms with Crippen LogP contribution in [0.4, 0.5) is 0 Å². The molecule has 42 heavy (non-hydrogen) atoms. The van der Waals surface area contributed by atoms with Crippen molar-refractivity contribution in [2.45, 2.75) is 0 Å². The average Bonchev–Trinajstić information content (AvgIpc) is 3.66. The summed E-state index contributed by atoms with van der Waals surface area (Å²) < 4.78 is 4.50. The minimum absolute atomic E-state index is 0.799. The molecule has 0 N–H and O–H groups in total. The first-order valence-electron chi connectivity index (χ1n) is 14.1. The normalized spacial score (nSPS) is 11.3. The van der Waals surface area contributed by atoms with Gasteiger partial charge in [0.2, 0.25) is 0 Å². The lowest BCUT2D eigenvalue weighted by atomic mass is 10.0. The van der Waals surface area contributed by atoms with E-state index < -0.39 is 0 Å². The van der Waals surface area contributed by atoms with E-state index in [1.54, 1.807) is 0 Å². The molecule has 0 unspecified atom stereocenters. The van der Waals surface area contributed by atoms with Crippen molar-refractivity contribution in [3.05, 3.63) is 158 Å². The lowest BCUT2D eigenvalue weighted by Gasteiger charge is -2.13. The fourth-order valence-corrected chi connectivity index (χ4v) is 5.91. The summed E-state index contributed by atoms with van der Waals surface area (Å²) in [5, 5.41) is 11.9. The Morgan fingerprint density at radius 2 is 0.833 bits per heavy atom. The number of nitrogens with zero attached hydrogens (tertiary/aromatic N) is 4. The average molecular weight is 539 g/mol. The molecule has 0 saturated carbocycles. The van der Waals surface area contributed by atoms with E-state index in [2.05, 4.69) is 143 Å². The molecular weight excluding hydrogens is 512 g/mol. The van der Waals surface area contributed by atoms with Crippen LogP contribution < -0.4 is 0 Å². The Kier molecular flexibility index (Phi) is 5.75. The summed E-state index contributed by atoms with van der Waals surface area (Å²) in [4.78, 5) is 0. The lowest BCUT2D eigenvalue weighted by Crippen LogP contribution is -2.01. The molecule has 0 aliphatic carbocycles. The number of aromatic nitrogens is 4. The zero-order valence-corrected chi connectivity index (χ0v) is 22.8. The molecule has 0 radical (unpaired) electrons. The molecule has 0 amide bonds. The van der Waals surface area contributed by atoms with Gasteiger partial charge in [0, 0.05) is 33.3 Å². The topological polar surface area (TPSA) is 35.6 Å². The Hall–Kier alpha value is -5.74. The maximum absolute atomic E-state index is 4.74. The maximum Gasteiger partial charge on any atom is 0.168 e. The summed E-state index contributed by atoms with van der Waals surface area (Å²) >= 11 is 0. The van der Waals surface area contributed by atoms with E-state index in [1.807, 2.05) is 24.3 Å². The van der Waals surface area contributed by atoms with Gasteiger partial charge in [-0.1, -0.05) is 109 Å². The van der Waals surface area contributed by atoms with Crippen molar-refractivity contribution >= 4 is 21.8 Å². The molecule has 4 nitrogen and oxygen atoms in total. The van der Waals surface area contributed by atoms with Crippen molar-refractivity contribution in [3.8, 4) is 45.3 Å². The number of hydrogen-bond donors (Lipinski definition) is 0. The second-order valence-electron chi connectivity index (χ2n) is 10.4. The number of benzene rings is 6. The van der Waals surface area contributed by atoms with Gasteiger partial charge in [0.15, 0.2) is 11.6 Å². The number of fused-ring (bicyclic) bond motifs is 3. The van der Waals surface area contributed by atoms with E-state index in [-0.39, 0.29) is 0 Å². The molecule has 6 aromatic carbocycles. The van der Waals surface area contributed by atoms with Crippen LogP contribution in [0.1, 0.15) is 0 Å². The molecule has 4 heteroatoms. The molecule has 0 aliphatic rings. The van der Waals surface area contributed by atoms with Crippen LogP contribution in [-0.4, -0.2) is 19.3 Å². The van der Waals surface area contributed by atoms with Crippen LogP contribution in [0.2, 0.25) is 0 Å². The molecule has 8 aromatic rings. The van der Waals surface area contributed by atoms with E-state index in [9.17, 15) is 0 Å². The fraction of sp³-hybridized carbons (Fsp3) is 0. The van der Waals surface area contributed by atoms with Gasteiger partial charge in [-0.15, -0.1) is 10.2 Å². The summed E-state index contributed by atoms with van der Waals surface area (Å²) in [6.07, 6.45) is 0. The first-order chi connectivity index (χ1) is 20.8. The van der Waals surface area contributed by atoms with Gasteiger partial charge in [-0.25, -0.2) is 0 Å². The van der Waals surface area contributed by atoms with Crippen LogP contribution in [0.15, 0.2) is 158 Å². The van der Waals surface area contributed by atoms with Gasteiger partial charge in [-0.2, -0.15) is 0 Å². The van der Waals surface area contributed by atoms with Crippen LogP contribution in [0.25, 0.3) is 67.1 Å². The van der Waals surface area contributed by atoms with Gasteiger partial charge < -0.3 is 4.57 Å². The molecule has 198 valence electrons. The zero-order valence-electron chi connectivity index (χ0n) is 22.8.